The topological polar surface area (TPSA) is 148 Å². The van der Waals surface area contributed by atoms with Crippen molar-refractivity contribution in [3.63, 3.8) is 0 Å². The summed E-state index contributed by atoms with van der Waals surface area (Å²) in [5.41, 5.74) is 3.01. The highest BCUT2D eigenvalue weighted by Gasteiger charge is 2.31. The fourth-order valence-corrected chi connectivity index (χ4v) is 4.94. The van der Waals surface area contributed by atoms with Gasteiger partial charge in [-0.3, -0.25) is 4.90 Å². The largest absolute Gasteiger partial charge is 0.491 e. The summed E-state index contributed by atoms with van der Waals surface area (Å²) in [6.07, 6.45) is 2.31. The van der Waals surface area contributed by atoms with Gasteiger partial charge in [-0.1, -0.05) is 30.3 Å². The van der Waals surface area contributed by atoms with E-state index < -0.39 is 11.9 Å². The molecule has 0 spiro atoms. The monoisotopic (exact) mass is 547 g/mol. The van der Waals surface area contributed by atoms with Crippen molar-refractivity contribution in [3.05, 3.63) is 89.0 Å². The number of carboxylic acid groups (broad SMARTS) is 2. The number of carbonyl (C=O) groups is 3. The lowest BCUT2D eigenvalue weighted by Gasteiger charge is -2.32. The van der Waals surface area contributed by atoms with Crippen LogP contribution in [0.5, 0.6) is 5.75 Å². The lowest BCUT2D eigenvalue weighted by atomic mass is 10.0. The highest BCUT2D eigenvalue weighted by atomic mass is 16.5. The first-order valence-electron chi connectivity index (χ1n) is 13.1. The van der Waals surface area contributed by atoms with Gasteiger partial charge in [0.15, 0.2) is 0 Å². The maximum atomic E-state index is 12.4. The molecule has 5 N–H and O–H groups in total. The summed E-state index contributed by atoms with van der Waals surface area (Å²) in [4.78, 5) is 37.4. The Morgan fingerprint density at radius 2 is 1.75 bits per heavy atom. The van der Waals surface area contributed by atoms with E-state index in [2.05, 4.69) is 15.5 Å². The Kier molecular flexibility index (Phi) is 9.36. The minimum Gasteiger partial charge on any atom is -0.491 e. The minimum absolute atomic E-state index is 0.0379. The van der Waals surface area contributed by atoms with E-state index in [9.17, 15) is 24.6 Å². The number of rotatable bonds is 11. The molecule has 0 aromatic heterocycles. The summed E-state index contributed by atoms with van der Waals surface area (Å²) in [5, 5.41) is 34.5. The van der Waals surface area contributed by atoms with Gasteiger partial charge in [0, 0.05) is 23.5 Å². The van der Waals surface area contributed by atoms with Gasteiger partial charge in [-0.25, -0.2) is 14.4 Å². The van der Waals surface area contributed by atoms with Crippen LogP contribution in [0.3, 0.4) is 0 Å². The highest BCUT2D eigenvalue weighted by molar-refractivity contribution is 6.00. The fourth-order valence-electron chi connectivity index (χ4n) is 4.94. The van der Waals surface area contributed by atoms with Crippen molar-refractivity contribution in [2.75, 3.05) is 30.4 Å². The van der Waals surface area contributed by atoms with Gasteiger partial charge in [0.25, 0.3) is 0 Å². The number of para-hydroxylation sites is 1. The van der Waals surface area contributed by atoms with Crippen molar-refractivity contribution in [2.24, 2.45) is 0 Å². The van der Waals surface area contributed by atoms with E-state index in [1.807, 2.05) is 55.5 Å². The molecule has 4 rings (SSSR count). The lowest BCUT2D eigenvalue weighted by Crippen LogP contribution is -2.45. The van der Waals surface area contributed by atoms with Crippen LogP contribution in [-0.4, -0.2) is 70.0 Å². The molecule has 0 aliphatic carbocycles. The van der Waals surface area contributed by atoms with Gasteiger partial charge in [-0.15, -0.1) is 0 Å². The number of anilines is 2. The van der Waals surface area contributed by atoms with Gasteiger partial charge in [0.2, 0.25) is 0 Å². The van der Waals surface area contributed by atoms with Crippen LogP contribution < -0.4 is 15.4 Å². The molecule has 0 radical (unpaired) electrons. The number of ether oxygens (including phenoxy) is 1. The molecule has 3 aromatic carbocycles. The fraction of sp³-hybridized carbons (Fsp3) is 0.300. The highest BCUT2D eigenvalue weighted by Crippen LogP contribution is 2.26. The van der Waals surface area contributed by atoms with Crippen LogP contribution in [0.1, 0.15) is 44.7 Å². The number of carboxylic acids is 2. The van der Waals surface area contributed by atoms with Gasteiger partial charge in [0.1, 0.15) is 17.9 Å². The average molecular weight is 548 g/mol. The molecule has 3 aromatic rings. The van der Waals surface area contributed by atoms with Crippen LogP contribution in [0.15, 0.2) is 66.7 Å². The molecule has 1 fully saturated rings. The van der Waals surface area contributed by atoms with Crippen molar-refractivity contribution >= 4 is 29.3 Å². The lowest BCUT2D eigenvalue weighted by molar-refractivity contribution is 0.0683. The molecule has 40 heavy (non-hydrogen) atoms. The number of carbonyl (C=O) groups excluding carboxylic acids is 1. The first-order valence-corrected chi connectivity index (χ1v) is 13.1. The molecule has 1 saturated heterocycles. The predicted octanol–water partition coefficient (Wildman–Crippen LogP) is 4.48. The van der Waals surface area contributed by atoms with E-state index in [-0.39, 0.29) is 48.2 Å². The minimum atomic E-state index is -1.26. The number of nitrogens with one attached hydrogen (secondary N) is 2. The summed E-state index contributed by atoms with van der Waals surface area (Å²) in [6.45, 7) is 2.83. The second-order valence-electron chi connectivity index (χ2n) is 9.80. The van der Waals surface area contributed by atoms with E-state index >= 15 is 0 Å². The zero-order chi connectivity index (χ0) is 28.6. The molecule has 10 nitrogen and oxygen atoms in total. The summed E-state index contributed by atoms with van der Waals surface area (Å²) in [5.74, 6) is -2.36. The average Bonchev–Trinajstić information content (AvgIpc) is 3.41. The van der Waals surface area contributed by atoms with Crippen LogP contribution in [0, 0.1) is 6.92 Å². The first-order chi connectivity index (χ1) is 19.2. The molecule has 0 bridgehead atoms. The second-order valence-corrected chi connectivity index (χ2v) is 9.80. The van der Waals surface area contributed by atoms with Crippen LogP contribution in [-0.2, 0) is 6.42 Å². The zero-order valence-corrected chi connectivity index (χ0v) is 22.2. The molecule has 1 aliphatic rings. The van der Waals surface area contributed by atoms with E-state index in [4.69, 9.17) is 9.84 Å². The Labute approximate surface area is 232 Å². The Hall–Kier alpha value is -4.41. The molecule has 1 aliphatic heterocycles. The van der Waals surface area contributed by atoms with Gasteiger partial charge in [0.05, 0.1) is 12.2 Å². The maximum absolute atomic E-state index is 12.4. The third-order valence-corrected chi connectivity index (χ3v) is 7.07. The normalized spacial score (nSPS) is 15.8. The SMILES string of the molecule is Cc1ccccc1NC(=O)Nc1ccc(CC(CO)N2CCC[C@H]2COc2ccc(C(=O)O)cc2C(=O)O)cc1. The number of urea groups is 1. The standard InChI is InChI=1S/C30H33N3O7/c1-19-5-2-3-7-26(19)32-30(39)31-22-11-8-20(9-12-22)15-24(17-34)33-14-4-6-23(33)18-40-27-13-10-21(28(35)36)16-25(27)29(37)38/h2-3,5,7-13,16,23-24,34H,4,6,14-15,17-18H2,1H3,(H,35,36)(H,37,38)(H2,31,32,39)/t23-,24?/m0/s1. The Morgan fingerprint density at radius 3 is 2.42 bits per heavy atom. The number of hydrogen-bond acceptors (Lipinski definition) is 6. The Bertz CT molecular complexity index is 1360. The molecule has 0 saturated carbocycles. The second kappa shape index (κ2) is 13.1. The molecule has 210 valence electrons. The summed E-state index contributed by atoms with van der Waals surface area (Å²) >= 11 is 0. The summed E-state index contributed by atoms with van der Waals surface area (Å²) in [7, 11) is 0. The third-order valence-electron chi connectivity index (χ3n) is 7.07. The van der Waals surface area contributed by atoms with Crippen LogP contribution in [0.2, 0.25) is 0 Å². The molecule has 10 heteroatoms. The molecule has 2 amide bonds. The van der Waals surface area contributed by atoms with E-state index in [1.165, 1.54) is 12.1 Å². The van der Waals surface area contributed by atoms with Gasteiger partial charge < -0.3 is 30.7 Å². The zero-order valence-electron chi connectivity index (χ0n) is 22.2. The number of amides is 2. The van der Waals surface area contributed by atoms with Gasteiger partial charge >= 0.3 is 18.0 Å². The molecule has 1 unspecified atom stereocenters. The van der Waals surface area contributed by atoms with Crippen molar-refractivity contribution in [3.8, 4) is 5.75 Å². The van der Waals surface area contributed by atoms with E-state index in [0.717, 1.165) is 42.3 Å². The quantitative estimate of drug-likeness (QED) is 0.236. The van der Waals surface area contributed by atoms with Crippen molar-refractivity contribution in [2.45, 2.75) is 38.3 Å². The molecule has 1 heterocycles. The number of aryl methyl sites for hydroxylation is 1. The number of nitrogens with zero attached hydrogens (tertiary/aromatic N) is 1. The van der Waals surface area contributed by atoms with Crippen molar-refractivity contribution < 1.29 is 34.4 Å². The number of aliphatic hydroxyl groups is 1. The van der Waals surface area contributed by atoms with Gasteiger partial charge in [-0.2, -0.15) is 0 Å². The predicted molar refractivity (Wildman–Crippen MR) is 150 cm³/mol. The molecular weight excluding hydrogens is 514 g/mol. The number of benzene rings is 3. The first kappa shape index (κ1) is 28.6. The summed E-state index contributed by atoms with van der Waals surface area (Å²) in [6, 6.07) is 18.2. The van der Waals surface area contributed by atoms with Crippen molar-refractivity contribution in [1.29, 1.82) is 0 Å². The number of hydrogen-bond donors (Lipinski definition) is 5. The van der Waals surface area contributed by atoms with Gasteiger partial charge in [-0.05, 0) is 80.3 Å². The Balaban J connectivity index is 1.35. The third kappa shape index (κ3) is 7.16. The summed E-state index contributed by atoms with van der Waals surface area (Å²) < 4.78 is 5.85. The molecular formula is C30H33N3O7. The molecule has 2 atom stereocenters. The smallest absolute Gasteiger partial charge is 0.339 e. The van der Waals surface area contributed by atoms with Crippen molar-refractivity contribution in [1.82, 2.24) is 4.90 Å². The van der Waals surface area contributed by atoms with Crippen LogP contribution in [0.4, 0.5) is 16.2 Å². The van der Waals surface area contributed by atoms with E-state index in [1.54, 1.807) is 0 Å². The number of aromatic carboxylic acids is 2. The Morgan fingerprint density at radius 1 is 1.00 bits per heavy atom. The maximum Gasteiger partial charge on any atom is 0.339 e. The van der Waals surface area contributed by atoms with E-state index in [0.29, 0.717) is 12.1 Å². The number of aliphatic hydroxyl groups excluding tert-OH is 1. The van der Waals surface area contributed by atoms with Crippen LogP contribution in [0.25, 0.3) is 0 Å². The number of likely N-dealkylation sites (tertiary alicyclic amines) is 1. The van der Waals surface area contributed by atoms with Crippen LogP contribution >= 0.6 is 0 Å².